The van der Waals surface area contributed by atoms with Gasteiger partial charge in [0.15, 0.2) is 0 Å². The van der Waals surface area contributed by atoms with Crippen LogP contribution in [0, 0.1) is 5.92 Å². The number of aromatic nitrogens is 2. The van der Waals surface area contributed by atoms with E-state index >= 15 is 0 Å². The molecule has 0 radical (unpaired) electrons. The first-order valence-electron chi connectivity index (χ1n) is 10.2. The van der Waals surface area contributed by atoms with Gasteiger partial charge < -0.3 is 10.0 Å². The summed E-state index contributed by atoms with van der Waals surface area (Å²) in [6.07, 6.45) is 6.18. The number of aryl methyl sites for hydroxylation is 1. The molecular formula is C22H29N3O2. The zero-order chi connectivity index (χ0) is 18.8. The quantitative estimate of drug-likeness (QED) is 0.907. The van der Waals surface area contributed by atoms with Gasteiger partial charge in [-0.05, 0) is 25.2 Å². The number of fused-ring (bicyclic) bond motifs is 1. The van der Waals surface area contributed by atoms with Crippen molar-refractivity contribution in [3.05, 3.63) is 41.6 Å². The van der Waals surface area contributed by atoms with E-state index in [2.05, 4.69) is 12.1 Å². The average molecular weight is 367 g/mol. The van der Waals surface area contributed by atoms with Gasteiger partial charge in [-0.25, -0.2) is 0 Å². The second-order valence-corrected chi connectivity index (χ2v) is 7.93. The van der Waals surface area contributed by atoms with Crippen molar-refractivity contribution in [1.82, 2.24) is 14.7 Å². The maximum atomic E-state index is 12.9. The van der Waals surface area contributed by atoms with Crippen LogP contribution in [0.2, 0.25) is 0 Å². The molecule has 1 amide bonds. The van der Waals surface area contributed by atoms with Gasteiger partial charge in [-0.3, -0.25) is 9.48 Å². The van der Waals surface area contributed by atoms with Crippen molar-refractivity contribution >= 4 is 5.91 Å². The number of benzene rings is 1. The van der Waals surface area contributed by atoms with Crippen molar-refractivity contribution in [1.29, 1.82) is 0 Å². The van der Waals surface area contributed by atoms with Gasteiger partial charge in [0, 0.05) is 43.4 Å². The van der Waals surface area contributed by atoms with Crippen molar-refractivity contribution in [2.45, 2.75) is 51.0 Å². The standard InChI is InChI=1S/C22H29N3O2/c1-24-19-13-15-25(22(27)21(26)17-10-6-3-7-11-17)14-12-18(19)20(23-24)16-8-4-2-5-9-16/h2,4-5,8-9,17,21,26H,3,6-7,10-15H2,1H3/t21-/m1/s1. The lowest BCUT2D eigenvalue weighted by atomic mass is 9.85. The predicted molar refractivity (Wildman–Crippen MR) is 105 cm³/mol. The molecule has 1 N–H and O–H groups in total. The highest BCUT2D eigenvalue weighted by molar-refractivity contribution is 5.81. The van der Waals surface area contributed by atoms with E-state index in [9.17, 15) is 9.90 Å². The molecule has 4 rings (SSSR count). The molecule has 1 aromatic heterocycles. The minimum atomic E-state index is -0.835. The average Bonchev–Trinajstić information content (AvgIpc) is 2.89. The molecule has 1 aliphatic carbocycles. The summed E-state index contributed by atoms with van der Waals surface area (Å²) < 4.78 is 1.96. The first-order valence-corrected chi connectivity index (χ1v) is 10.2. The zero-order valence-electron chi connectivity index (χ0n) is 16.1. The van der Waals surface area contributed by atoms with Gasteiger partial charge in [0.25, 0.3) is 5.91 Å². The van der Waals surface area contributed by atoms with Crippen LogP contribution in [0.4, 0.5) is 0 Å². The Morgan fingerprint density at radius 2 is 1.81 bits per heavy atom. The molecule has 2 aliphatic rings. The van der Waals surface area contributed by atoms with Gasteiger partial charge in [0.1, 0.15) is 6.10 Å². The Balaban J connectivity index is 1.51. The molecule has 27 heavy (non-hydrogen) atoms. The summed E-state index contributed by atoms with van der Waals surface area (Å²) in [6, 6.07) is 10.2. The lowest BCUT2D eigenvalue weighted by molar-refractivity contribution is -0.143. The first kappa shape index (κ1) is 18.2. The number of amides is 1. The molecule has 5 nitrogen and oxygen atoms in total. The van der Waals surface area contributed by atoms with E-state index in [4.69, 9.17) is 5.10 Å². The molecule has 1 fully saturated rings. The largest absolute Gasteiger partial charge is 0.383 e. The molecule has 0 saturated heterocycles. The Labute approximate surface area is 161 Å². The number of carbonyl (C=O) groups is 1. The lowest BCUT2D eigenvalue weighted by Crippen LogP contribution is -2.44. The van der Waals surface area contributed by atoms with Crippen molar-refractivity contribution in [3.63, 3.8) is 0 Å². The Kier molecular flexibility index (Phi) is 5.30. The zero-order valence-corrected chi connectivity index (χ0v) is 16.1. The molecule has 5 heteroatoms. The Bertz CT molecular complexity index is 793. The van der Waals surface area contributed by atoms with Crippen molar-refractivity contribution in [2.24, 2.45) is 13.0 Å². The number of hydrogen-bond donors (Lipinski definition) is 1. The van der Waals surface area contributed by atoms with Crippen molar-refractivity contribution in [3.8, 4) is 11.3 Å². The summed E-state index contributed by atoms with van der Waals surface area (Å²) in [6.45, 7) is 1.31. The Hall–Kier alpha value is -2.14. The minimum Gasteiger partial charge on any atom is -0.383 e. The summed E-state index contributed by atoms with van der Waals surface area (Å²) in [4.78, 5) is 14.8. The first-order chi connectivity index (χ1) is 13.1. The summed E-state index contributed by atoms with van der Waals surface area (Å²) in [5.41, 5.74) is 4.59. The highest BCUT2D eigenvalue weighted by Gasteiger charge is 2.32. The van der Waals surface area contributed by atoms with E-state index in [1.807, 2.05) is 34.8 Å². The molecule has 1 aromatic carbocycles. The highest BCUT2D eigenvalue weighted by atomic mass is 16.3. The van der Waals surface area contributed by atoms with Gasteiger partial charge in [-0.1, -0.05) is 49.6 Å². The fourth-order valence-corrected chi connectivity index (χ4v) is 4.66. The summed E-state index contributed by atoms with van der Waals surface area (Å²) in [5.74, 6) is 0.0577. The van der Waals surface area contributed by atoms with Crippen LogP contribution < -0.4 is 0 Å². The number of hydrogen-bond acceptors (Lipinski definition) is 3. The fraction of sp³-hybridized carbons (Fsp3) is 0.545. The van der Waals surface area contributed by atoms with Crippen LogP contribution in [-0.2, 0) is 24.7 Å². The van der Waals surface area contributed by atoms with Crippen LogP contribution in [0.15, 0.2) is 30.3 Å². The third-order valence-electron chi connectivity index (χ3n) is 6.23. The van der Waals surface area contributed by atoms with Gasteiger partial charge in [0.05, 0.1) is 5.69 Å². The number of aliphatic hydroxyl groups excluding tert-OH is 1. The van der Waals surface area contributed by atoms with Crippen LogP contribution in [-0.4, -0.2) is 44.9 Å². The van der Waals surface area contributed by atoms with Crippen LogP contribution in [0.5, 0.6) is 0 Å². The Morgan fingerprint density at radius 1 is 1.11 bits per heavy atom. The molecule has 144 valence electrons. The second-order valence-electron chi connectivity index (χ2n) is 7.93. The van der Waals surface area contributed by atoms with Crippen LogP contribution >= 0.6 is 0 Å². The SMILES string of the molecule is Cn1nc(-c2ccccc2)c2c1CCN(C(=O)[C@H](O)C1CCCCC1)CC2. The third-order valence-corrected chi connectivity index (χ3v) is 6.23. The van der Waals surface area contributed by atoms with E-state index in [1.165, 1.54) is 17.7 Å². The number of nitrogens with zero attached hydrogens (tertiary/aromatic N) is 3. The van der Waals surface area contributed by atoms with E-state index in [0.717, 1.165) is 49.8 Å². The topological polar surface area (TPSA) is 58.4 Å². The van der Waals surface area contributed by atoms with Crippen molar-refractivity contribution < 1.29 is 9.90 Å². The molecule has 0 unspecified atom stereocenters. The molecule has 1 aliphatic heterocycles. The lowest BCUT2D eigenvalue weighted by Gasteiger charge is -2.30. The summed E-state index contributed by atoms with van der Waals surface area (Å²) in [5, 5.41) is 15.4. The number of rotatable bonds is 3. The summed E-state index contributed by atoms with van der Waals surface area (Å²) in [7, 11) is 1.99. The molecular weight excluding hydrogens is 338 g/mol. The van der Waals surface area contributed by atoms with E-state index in [1.54, 1.807) is 0 Å². The molecule has 0 bridgehead atoms. The maximum absolute atomic E-state index is 12.9. The molecule has 2 heterocycles. The maximum Gasteiger partial charge on any atom is 0.251 e. The Morgan fingerprint density at radius 3 is 2.56 bits per heavy atom. The smallest absolute Gasteiger partial charge is 0.251 e. The normalized spacial score (nSPS) is 19.4. The second kappa shape index (κ2) is 7.85. The van der Waals surface area contributed by atoms with E-state index in [0.29, 0.717) is 13.1 Å². The highest BCUT2D eigenvalue weighted by Crippen LogP contribution is 2.30. The molecule has 0 spiro atoms. The van der Waals surface area contributed by atoms with Crippen LogP contribution in [0.1, 0.15) is 43.4 Å². The minimum absolute atomic E-state index is 0.0797. The van der Waals surface area contributed by atoms with Crippen LogP contribution in [0.3, 0.4) is 0 Å². The molecule has 2 aromatic rings. The molecule has 1 saturated carbocycles. The van der Waals surface area contributed by atoms with Crippen molar-refractivity contribution in [2.75, 3.05) is 13.1 Å². The third kappa shape index (κ3) is 3.65. The molecule has 1 atom stereocenters. The van der Waals surface area contributed by atoms with Gasteiger partial charge in [-0.15, -0.1) is 0 Å². The van der Waals surface area contributed by atoms with Gasteiger partial charge in [0.2, 0.25) is 0 Å². The van der Waals surface area contributed by atoms with E-state index < -0.39 is 6.10 Å². The number of aliphatic hydroxyl groups is 1. The predicted octanol–water partition coefficient (Wildman–Crippen LogP) is 2.96. The van der Waals surface area contributed by atoms with Crippen LogP contribution in [0.25, 0.3) is 11.3 Å². The van der Waals surface area contributed by atoms with Gasteiger partial charge >= 0.3 is 0 Å². The van der Waals surface area contributed by atoms with Gasteiger partial charge in [-0.2, -0.15) is 5.10 Å². The number of carbonyl (C=O) groups excluding carboxylic acids is 1. The van der Waals surface area contributed by atoms with E-state index in [-0.39, 0.29) is 11.8 Å². The summed E-state index contributed by atoms with van der Waals surface area (Å²) >= 11 is 0. The fourth-order valence-electron chi connectivity index (χ4n) is 4.66. The monoisotopic (exact) mass is 367 g/mol.